The topological polar surface area (TPSA) is 70.6 Å². The summed E-state index contributed by atoms with van der Waals surface area (Å²) < 4.78 is 5.23. The van der Waals surface area contributed by atoms with Gasteiger partial charge in [0.05, 0.1) is 0 Å². The van der Waals surface area contributed by atoms with E-state index >= 15 is 0 Å². The maximum absolute atomic E-state index is 11.6. The van der Waals surface area contributed by atoms with Gasteiger partial charge < -0.3 is 20.5 Å². The summed E-state index contributed by atoms with van der Waals surface area (Å²) in [6.45, 7) is 12.5. The summed E-state index contributed by atoms with van der Waals surface area (Å²) in [5, 5.41) is 14.9. The zero-order valence-corrected chi connectivity index (χ0v) is 13.7. The Morgan fingerprint density at radius 2 is 1.85 bits per heavy atom. The quantitative estimate of drug-likeness (QED) is 0.569. The molecule has 0 saturated heterocycles. The number of nitrogens with one attached hydrogen (secondary N) is 2. The van der Waals surface area contributed by atoms with Gasteiger partial charge in [0.25, 0.3) is 0 Å². The molecule has 0 aromatic rings. The van der Waals surface area contributed by atoms with Crippen molar-refractivity contribution in [1.82, 2.24) is 10.6 Å². The van der Waals surface area contributed by atoms with E-state index in [1.165, 1.54) is 0 Å². The third kappa shape index (κ3) is 11.1. The summed E-state index contributed by atoms with van der Waals surface area (Å²) in [4.78, 5) is 11.6. The molecule has 3 N–H and O–H groups in total. The highest BCUT2D eigenvalue weighted by Gasteiger charge is 2.18. The Kier molecular flexibility index (Phi) is 9.59. The van der Waals surface area contributed by atoms with Crippen LogP contribution in [-0.2, 0) is 4.74 Å². The van der Waals surface area contributed by atoms with Crippen molar-refractivity contribution in [2.75, 3.05) is 26.2 Å². The van der Waals surface area contributed by atoms with Crippen molar-refractivity contribution in [3.05, 3.63) is 0 Å². The van der Waals surface area contributed by atoms with Gasteiger partial charge in [0, 0.05) is 13.2 Å². The molecule has 0 aliphatic heterocycles. The number of carbonyl (C=O) groups is 1. The first kappa shape index (κ1) is 19.2. The number of unbranched alkanes of at least 4 members (excludes halogenated alkanes) is 1. The second-order valence-corrected chi connectivity index (χ2v) is 6.52. The molecule has 0 heterocycles. The summed E-state index contributed by atoms with van der Waals surface area (Å²) in [7, 11) is 0. The first-order valence-corrected chi connectivity index (χ1v) is 7.54. The summed E-state index contributed by atoms with van der Waals surface area (Å²) in [6, 6.07) is 0. The molecule has 0 spiro atoms. The summed E-state index contributed by atoms with van der Waals surface area (Å²) in [5.74, 6) is 0.854. The lowest BCUT2D eigenvalue weighted by Crippen LogP contribution is -2.39. The molecule has 1 atom stereocenters. The van der Waals surface area contributed by atoms with Crippen LogP contribution in [0.3, 0.4) is 0 Å². The molecule has 0 radical (unpaired) electrons. The molecule has 0 aromatic heterocycles. The van der Waals surface area contributed by atoms with Gasteiger partial charge in [-0.1, -0.05) is 13.8 Å². The molecule has 120 valence electrons. The van der Waals surface area contributed by atoms with Crippen molar-refractivity contribution in [3.8, 4) is 0 Å². The van der Waals surface area contributed by atoms with Gasteiger partial charge in [0.15, 0.2) is 0 Å². The van der Waals surface area contributed by atoms with Gasteiger partial charge in [0.2, 0.25) is 0 Å². The molecule has 0 saturated carbocycles. The lowest BCUT2D eigenvalue weighted by atomic mass is 9.96. The van der Waals surface area contributed by atoms with Crippen molar-refractivity contribution in [3.63, 3.8) is 0 Å². The van der Waals surface area contributed by atoms with E-state index in [9.17, 15) is 4.79 Å². The van der Waals surface area contributed by atoms with Crippen LogP contribution in [0.4, 0.5) is 4.79 Å². The fourth-order valence-electron chi connectivity index (χ4n) is 1.72. The molecule has 1 amide bonds. The first-order chi connectivity index (χ1) is 9.26. The van der Waals surface area contributed by atoms with Gasteiger partial charge in [-0.3, -0.25) is 0 Å². The van der Waals surface area contributed by atoms with E-state index in [1.807, 2.05) is 20.8 Å². The smallest absolute Gasteiger partial charge is 0.407 e. The molecular weight excluding hydrogens is 256 g/mol. The van der Waals surface area contributed by atoms with Crippen LogP contribution in [0, 0.1) is 11.8 Å². The van der Waals surface area contributed by atoms with E-state index in [0.29, 0.717) is 18.4 Å². The Morgan fingerprint density at radius 3 is 2.35 bits per heavy atom. The van der Waals surface area contributed by atoms with Crippen molar-refractivity contribution in [2.24, 2.45) is 11.8 Å². The van der Waals surface area contributed by atoms with Crippen molar-refractivity contribution < 1.29 is 14.6 Å². The van der Waals surface area contributed by atoms with Crippen LogP contribution in [0.25, 0.3) is 0 Å². The van der Waals surface area contributed by atoms with E-state index < -0.39 is 5.60 Å². The molecule has 0 rings (SSSR count). The Labute approximate surface area is 123 Å². The Hall–Kier alpha value is -0.810. The van der Waals surface area contributed by atoms with Crippen LogP contribution in [0.5, 0.6) is 0 Å². The number of hydrogen-bond donors (Lipinski definition) is 3. The van der Waals surface area contributed by atoms with E-state index in [-0.39, 0.29) is 12.7 Å². The molecule has 5 heteroatoms. The van der Waals surface area contributed by atoms with Gasteiger partial charge in [-0.15, -0.1) is 0 Å². The lowest BCUT2D eigenvalue weighted by Gasteiger charge is -2.24. The first-order valence-electron chi connectivity index (χ1n) is 7.54. The SMILES string of the molecule is CC(C)C(CNCCCCO)CNC(=O)OC(C)(C)C. The minimum absolute atomic E-state index is 0.246. The molecule has 20 heavy (non-hydrogen) atoms. The Morgan fingerprint density at radius 1 is 1.20 bits per heavy atom. The lowest BCUT2D eigenvalue weighted by molar-refractivity contribution is 0.0515. The fourth-order valence-corrected chi connectivity index (χ4v) is 1.72. The van der Waals surface area contributed by atoms with Crippen LogP contribution in [0.1, 0.15) is 47.5 Å². The zero-order chi connectivity index (χ0) is 15.6. The molecule has 0 fully saturated rings. The fraction of sp³-hybridized carbons (Fsp3) is 0.933. The maximum atomic E-state index is 11.6. The molecule has 5 nitrogen and oxygen atoms in total. The van der Waals surface area contributed by atoms with Crippen molar-refractivity contribution >= 4 is 6.09 Å². The molecule has 0 aliphatic rings. The number of rotatable bonds is 9. The number of aliphatic hydroxyl groups excluding tert-OH is 1. The standard InChI is InChI=1S/C15H32N2O3/c1-12(2)13(10-16-8-6-7-9-18)11-17-14(19)20-15(3,4)5/h12-13,16,18H,6-11H2,1-5H3,(H,17,19). The van der Waals surface area contributed by atoms with Gasteiger partial charge in [-0.25, -0.2) is 4.79 Å². The molecule has 0 aromatic carbocycles. The number of carbonyl (C=O) groups excluding carboxylic acids is 1. The van der Waals surface area contributed by atoms with Crippen LogP contribution in [0.2, 0.25) is 0 Å². The number of alkyl carbamates (subject to hydrolysis) is 1. The largest absolute Gasteiger partial charge is 0.444 e. The minimum Gasteiger partial charge on any atom is -0.444 e. The number of aliphatic hydroxyl groups is 1. The van der Waals surface area contributed by atoms with Gasteiger partial charge in [-0.2, -0.15) is 0 Å². The highest BCUT2D eigenvalue weighted by atomic mass is 16.6. The Balaban J connectivity index is 3.94. The Bertz CT molecular complexity index is 262. The number of ether oxygens (including phenoxy) is 1. The van der Waals surface area contributed by atoms with Crippen molar-refractivity contribution in [1.29, 1.82) is 0 Å². The van der Waals surface area contributed by atoms with Crippen LogP contribution >= 0.6 is 0 Å². The minimum atomic E-state index is -0.458. The maximum Gasteiger partial charge on any atom is 0.407 e. The highest BCUT2D eigenvalue weighted by molar-refractivity contribution is 5.67. The predicted molar refractivity (Wildman–Crippen MR) is 81.8 cm³/mol. The number of amides is 1. The third-order valence-corrected chi connectivity index (χ3v) is 3.02. The molecule has 0 aliphatic carbocycles. The number of hydrogen-bond acceptors (Lipinski definition) is 4. The molecule has 1 unspecified atom stereocenters. The summed E-state index contributed by atoms with van der Waals surface area (Å²) >= 11 is 0. The van der Waals surface area contributed by atoms with Crippen molar-refractivity contribution in [2.45, 2.75) is 53.1 Å². The summed E-state index contributed by atoms with van der Waals surface area (Å²) in [5.41, 5.74) is -0.458. The van der Waals surface area contributed by atoms with Gasteiger partial charge in [-0.05, 0) is 58.5 Å². The summed E-state index contributed by atoms with van der Waals surface area (Å²) in [6.07, 6.45) is 1.44. The van der Waals surface area contributed by atoms with E-state index in [4.69, 9.17) is 9.84 Å². The molecular formula is C15H32N2O3. The van der Waals surface area contributed by atoms with Gasteiger partial charge >= 0.3 is 6.09 Å². The zero-order valence-electron chi connectivity index (χ0n) is 13.7. The predicted octanol–water partition coefficient (Wildman–Crippen LogP) is 2.15. The molecule has 0 bridgehead atoms. The monoisotopic (exact) mass is 288 g/mol. The third-order valence-electron chi connectivity index (χ3n) is 3.02. The van der Waals surface area contributed by atoms with Crippen LogP contribution in [0.15, 0.2) is 0 Å². The second kappa shape index (κ2) is 10.00. The van der Waals surface area contributed by atoms with Crippen LogP contribution in [-0.4, -0.2) is 43.0 Å². The average molecular weight is 288 g/mol. The average Bonchev–Trinajstić information content (AvgIpc) is 2.29. The highest BCUT2D eigenvalue weighted by Crippen LogP contribution is 2.10. The van der Waals surface area contributed by atoms with Gasteiger partial charge in [0.1, 0.15) is 5.60 Å². The van der Waals surface area contributed by atoms with E-state index in [2.05, 4.69) is 24.5 Å². The normalized spacial score (nSPS) is 13.3. The van der Waals surface area contributed by atoms with E-state index in [0.717, 1.165) is 25.9 Å². The second-order valence-electron chi connectivity index (χ2n) is 6.52. The van der Waals surface area contributed by atoms with Crippen LogP contribution < -0.4 is 10.6 Å². The van der Waals surface area contributed by atoms with E-state index in [1.54, 1.807) is 0 Å².